The molecule has 1 unspecified atom stereocenters. The topological polar surface area (TPSA) is 57.5 Å². The van der Waals surface area contributed by atoms with Crippen LogP contribution in [0.3, 0.4) is 0 Å². The van der Waals surface area contributed by atoms with Gasteiger partial charge in [-0.15, -0.1) is 0 Å². The highest BCUT2D eigenvalue weighted by Crippen LogP contribution is 2.55. The summed E-state index contributed by atoms with van der Waals surface area (Å²) in [6, 6.07) is 0. The highest BCUT2D eigenvalue weighted by atomic mass is 16.4. The van der Waals surface area contributed by atoms with Gasteiger partial charge in [0.05, 0.1) is 6.10 Å². The maximum atomic E-state index is 10.6. The Balaban J connectivity index is 1.43. The van der Waals surface area contributed by atoms with Crippen LogP contribution >= 0.6 is 0 Å². The summed E-state index contributed by atoms with van der Waals surface area (Å²) in [5.74, 6) is 3.31. The fraction of sp³-hybridized carbons (Fsp3) is 0.870. The van der Waals surface area contributed by atoms with Gasteiger partial charge >= 0.3 is 5.97 Å². The van der Waals surface area contributed by atoms with Gasteiger partial charge in [-0.1, -0.05) is 31.4 Å². The summed E-state index contributed by atoms with van der Waals surface area (Å²) < 4.78 is 0. The second kappa shape index (κ2) is 9.92. The van der Waals surface area contributed by atoms with Crippen molar-refractivity contribution in [2.24, 2.45) is 29.6 Å². The van der Waals surface area contributed by atoms with Crippen molar-refractivity contribution in [1.29, 1.82) is 0 Å². The van der Waals surface area contributed by atoms with Gasteiger partial charge in [0.15, 0.2) is 0 Å². The Morgan fingerprint density at radius 3 is 2.46 bits per heavy atom. The van der Waals surface area contributed by atoms with Crippen LogP contribution in [-0.4, -0.2) is 22.3 Å². The molecule has 2 N–H and O–H groups in total. The smallest absolute Gasteiger partial charge is 0.303 e. The largest absolute Gasteiger partial charge is 0.481 e. The highest BCUT2D eigenvalue weighted by Gasteiger charge is 2.46. The minimum absolute atomic E-state index is 0.0679. The van der Waals surface area contributed by atoms with Gasteiger partial charge in [-0.05, 0) is 93.8 Å². The van der Waals surface area contributed by atoms with Crippen LogP contribution in [0.25, 0.3) is 0 Å². The molecule has 3 aliphatic rings. The molecule has 148 valence electrons. The fourth-order valence-electron chi connectivity index (χ4n) is 6.21. The van der Waals surface area contributed by atoms with E-state index in [4.69, 9.17) is 5.11 Å². The number of carboxylic acids is 1. The molecular weight excluding hydrogens is 324 g/mol. The fourth-order valence-corrected chi connectivity index (χ4v) is 6.21. The third-order valence-electron chi connectivity index (χ3n) is 7.60. The summed E-state index contributed by atoms with van der Waals surface area (Å²) in [6.45, 7) is 0. The third-order valence-corrected chi connectivity index (χ3v) is 7.60. The van der Waals surface area contributed by atoms with Crippen molar-refractivity contribution < 1.29 is 15.0 Å². The summed E-state index contributed by atoms with van der Waals surface area (Å²) in [4.78, 5) is 10.6. The molecule has 0 heterocycles. The lowest BCUT2D eigenvalue weighted by atomic mass is 9.74. The molecule has 2 bridgehead atoms. The molecule has 0 aromatic rings. The predicted molar refractivity (Wildman–Crippen MR) is 105 cm³/mol. The average molecular weight is 363 g/mol. The lowest BCUT2D eigenvalue weighted by Crippen LogP contribution is -2.27. The number of hydrogen-bond acceptors (Lipinski definition) is 2. The molecule has 0 aromatic heterocycles. The average Bonchev–Trinajstić information content (AvgIpc) is 3.24. The monoisotopic (exact) mass is 362 g/mol. The summed E-state index contributed by atoms with van der Waals surface area (Å²) in [6.07, 6.45) is 20.4. The highest BCUT2D eigenvalue weighted by molar-refractivity contribution is 5.66. The molecule has 3 rings (SSSR count). The standard InChI is InChI=1S/C23H38O3/c24-22(17-8-4-3-5-9-17)15-14-21-19-13-12-18(16-19)20(21)10-6-1-2-7-11-23(25)26/h1,6,17-22,24H,2-5,7-16H2,(H,25,26)/b6-1-/t18-,19+,20-,21+,22?/m1/s1. The molecular formula is C23H38O3. The molecule has 3 nitrogen and oxygen atoms in total. The molecule has 5 atom stereocenters. The lowest BCUT2D eigenvalue weighted by Gasteiger charge is -2.33. The first-order chi connectivity index (χ1) is 12.6. The number of aliphatic hydroxyl groups excluding tert-OH is 1. The lowest BCUT2D eigenvalue weighted by molar-refractivity contribution is -0.137. The van der Waals surface area contributed by atoms with Crippen LogP contribution in [0.15, 0.2) is 12.2 Å². The molecule has 0 spiro atoms. The van der Waals surface area contributed by atoms with E-state index in [0.717, 1.165) is 42.9 Å². The van der Waals surface area contributed by atoms with Gasteiger partial charge in [-0.2, -0.15) is 0 Å². The summed E-state index contributed by atoms with van der Waals surface area (Å²) in [7, 11) is 0. The Bertz CT molecular complexity index is 466. The Labute approximate surface area is 159 Å². The summed E-state index contributed by atoms with van der Waals surface area (Å²) >= 11 is 0. The molecule has 3 fully saturated rings. The van der Waals surface area contributed by atoms with Gasteiger partial charge in [-0.25, -0.2) is 0 Å². The number of carboxylic acid groups (broad SMARTS) is 1. The van der Waals surface area contributed by atoms with E-state index in [1.54, 1.807) is 0 Å². The molecule has 3 aliphatic carbocycles. The Hall–Kier alpha value is -0.830. The van der Waals surface area contributed by atoms with E-state index in [1.165, 1.54) is 64.2 Å². The van der Waals surface area contributed by atoms with E-state index >= 15 is 0 Å². The second-order valence-corrected chi connectivity index (χ2v) is 9.20. The number of fused-ring (bicyclic) bond motifs is 2. The molecule has 3 heteroatoms. The second-order valence-electron chi connectivity index (χ2n) is 9.20. The van der Waals surface area contributed by atoms with Crippen molar-refractivity contribution in [2.45, 2.75) is 96.0 Å². The number of allylic oxidation sites excluding steroid dienone is 2. The number of aliphatic hydroxyl groups is 1. The van der Waals surface area contributed by atoms with E-state index in [2.05, 4.69) is 12.2 Å². The van der Waals surface area contributed by atoms with Crippen LogP contribution in [0.5, 0.6) is 0 Å². The Morgan fingerprint density at radius 2 is 1.73 bits per heavy atom. The summed E-state index contributed by atoms with van der Waals surface area (Å²) in [5, 5.41) is 19.3. The maximum Gasteiger partial charge on any atom is 0.303 e. The number of aliphatic carboxylic acids is 1. The van der Waals surface area contributed by atoms with Crippen LogP contribution in [-0.2, 0) is 4.79 Å². The van der Waals surface area contributed by atoms with Crippen LogP contribution < -0.4 is 0 Å². The molecule has 0 saturated heterocycles. The van der Waals surface area contributed by atoms with E-state index in [1.807, 2.05) is 0 Å². The molecule has 0 aromatic carbocycles. The van der Waals surface area contributed by atoms with Crippen LogP contribution in [0.4, 0.5) is 0 Å². The van der Waals surface area contributed by atoms with Crippen molar-refractivity contribution in [2.75, 3.05) is 0 Å². The number of hydrogen-bond donors (Lipinski definition) is 2. The zero-order chi connectivity index (χ0) is 18.4. The van der Waals surface area contributed by atoms with Gasteiger partial charge in [0.25, 0.3) is 0 Å². The van der Waals surface area contributed by atoms with Crippen molar-refractivity contribution in [3.63, 3.8) is 0 Å². The zero-order valence-corrected chi connectivity index (χ0v) is 16.3. The molecule has 26 heavy (non-hydrogen) atoms. The Morgan fingerprint density at radius 1 is 1.00 bits per heavy atom. The minimum atomic E-state index is -0.692. The molecule has 0 radical (unpaired) electrons. The minimum Gasteiger partial charge on any atom is -0.481 e. The van der Waals surface area contributed by atoms with E-state index in [-0.39, 0.29) is 12.5 Å². The molecule has 0 amide bonds. The van der Waals surface area contributed by atoms with Crippen molar-refractivity contribution in [3.05, 3.63) is 12.2 Å². The van der Waals surface area contributed by atoms with E-state index < -0.39 is 5.97 Å². The van der Waals surface area contributed by atoms with Crippen molar-refractivity contribution in [3.8, 4) is 0 Å². The SMILES string of the molecule is O=C(O)CCC/C=C\C[C@@H]1[C@@H]2CC[C@@H](C2)[C@@H]1CCC(O)C1CCCCC1. The normalized spacial score (nSPS) is 33.1. The predicted octanol–water partition coefficient (Wildman–Crippen LogP) is 5.57. The molecule has 0 aliphatic heterocycles. The van der Waals surface area contributed by atoms with E-state index in [0.29, 0.717) is 5.92 Å². The molecule has 3 saturated carbocycles. The van der Waals surface area contributed by atoms with Crippen LogP contribution in [0.2, 0.25) is 0 Å². The van der Waals surface area contributed by atoms with Gasteiger partial charge in [0.2, 0.25) is 0 Å². The maximum absolute atomic E-state index is 10.6. The van der Waals surface area contributed by atoms with Gasteiger partial charge in [0, 0.05) is 6.42 Å². The summed E-state index contributed by atoms with van der Waals surface area (Å²) in [5.41, 5.74) is 0. The van der Waals surface area contributed by atoms with Gasteiger partial charge in [0.1, 0.15) is 0 Å². The Kier molecular flexibility index (Phi) is 7.60. The van der Waals surface area contributed by atoms with Gasteiger partial charge in [-0.3, -0.25) is 4.79 Å². The first-order valence-electron chi connectivity index (χ1n) is 11.2. The number of rotatable bonds is 10. The first kappa shape index (κ1) is 19.9. The number of unbranched alkanes of at least 4 members (excludes halogenated alkanes) is 1. The van der Waals surface area contributed by atoms with Crippen molar-refractivity contribution >= 4 is 5.97 Å². The first-order valence-corrected chi connectivity index (χ1v) is 11.2. The quantitative estimate of drug-likeness (QED) is 0.394. The van der Waals surface area contributed by atoms with Crippen LogP contribution in [0.1, 0.15) is 89.9 Å². The zero-order valence-electron chi connectivity index (χ0n) is 16.3. The van der Waals surface area contributed by atoms with Crippen molar-refractivity contribution in [1.82, 2.24) is 0 Å². The number of carbonyl (C=O) groups is 1. The van der Waals surface area contributed by atoms with Crippen LogP contribution in [0, 0.1) is 29.6 Å². The van der Waals surface area contributed by atoms with E-state index in [9.17, 15) is 9.90 Å². The third kappa shape index (κ3) is 5.34. The van der Waals surface area contributed by atoms with Gasteiger partial charge < -0.3 is 10.2 Å².